The van der Waals surface area contributed by atoms with Crippen molar-refractivity contribution in [1.29, 1.82) is 5.26 Å². The van der Waals surface area contributed by atoms with E-state index in [4.69, 9.17) is 5.26 Å². The number of fused-ring (bicyclic) bond motifs is 1. The predicted octanol–water partition coefficient (Wildman–Crippen LogP) is 2.86. The first-order valence-corrected chi connectivity index (χ1v) is 11.7. The van der Waals surface area contributed by atoms with E-state index in [-0.39, 0.29) is 12.1 Å². The van der Waals surface area contributed by atoms with Crippen molar-refractivity contribution < 1.29 is 4.79 Å². The predicted molar refractivity (Wildman–Crippen MR) is 129 cm³/mol. The third kappa shape index (κ3) is 4.55. The van der Waals surface area contributed by atoms with Gasteiger partial charge in [-0.25, -0.2) is 14.6 Å². The minimum atomic E-state index is 0.179. The van der Waals surface area contributed by atoms with Gasteiger partial charge in [0.05, 0.1) is 35.5 Å². The normalized spacial score (nSPS) is 17.9. The van der Waals surface area contributed by atoms with Gasteiger partial charge in [0, 0.05) is 35.7 Å². The summed E-state index contributed by atoms with van der Waals surface area (Å²) in [7, 11) is 0. The van der Waals surface area contributed by atoms with Crippen LogP contribution in [0.2, 0.25) is 0 Å². The zero-order chi connectivity index (χ0) is 24.4. The highest BCUT2D eigenvalue weighted by Crippen LogP contribution is 2.32. The number of hydrogen-bond donors (Lipinski definition) is 2. The number of carbonyl (C=O) groups is 1. The Balaban J connectivity index is 1.45. The second-order valence-corrected chi connectivity index (χ2v) is 9.08. The molecule has 0 radical (unpaired) electrons. The highest BCUT2D eigenvalue weighted by atomic mass is 16.1. The summed E-state index contributed by atoms with van der Waals surface area (Å²) in [5.74, 6) is 0.924. The Morgan fingerprint density at radius 2 is 1.97 bits per heavy atom. The standard InChI is InChI=1S/C24H26N10O/c1-15(2)30-20-8-23(34-24-18(11-29-34)7-16(9-25)10-27-24)26-12-22(20)33-13-21(31-32-33)17-3-5-19(6-4-17)28-14-35/h7-8,10-15,17,19H,3-6H2,1-2H3,(H,26,30)(H,28,35). The number of nitrogens with zero attached hydrogens (tertiary/aromatic N) is 8. The largest absolute Gasteiger partial charge is 0.381 e. The van der Waals surface area contributed by atoms with Gasteiger partial charge in [-0.15, -0.1) is 5.10 Å². The van der Waals surface area contributed by atoms with Crippen molar-refractivity contribution in [2.24, 2.45) is 0 Å². The van der Waals surface area contributed by atoms with Crippen LogP contribution in [0.3, 0.4) is 0 Å². The smallest absolute Gasteiger partial charge is 0.207 e. The van der Waals surface area contributed by atoms with Crippen LogP contribution in [0.1, 0.15) is 56.7 Å². The lowest BCUT2D eigenvalue weighted by molar-refractivity contribution is -0.110. The van der Waals surface area contributed by atoms with Gasteiger partial charge >= 0.3 is 0 Å². The molecule has 0 atom stereocenters. The molecule has 0 unspecified atom stereocenters. The highest BCUT2D eigenvalue weighted by molar-refractivity contribution is 5.77. The second kappa shape index (κ2) is 9.50. The number of pyridine rings is 2. The average molecular weight is 471 g/mol. The van der Waals surface area contributed by atoms with E-state index in [0.717, 1.165) is 54.5 Å². The molecule has 4 aromatic rings. The van der Waals surface area contributed by atoms with Gasteiger partial charge < -0.3 is 10.6 Å². The van der Waals surface area contributed by atoms with Crippen molar-refractivity contribution in [1.82, 2.24) is 40.1 Å². The van der Waals surface area contributed by atoms with Crippen molar-refractivity contribution in [3.05, 3.63) is 48.2 Å². The molecular formula is C24H26N10O. The monoisotopic (exact) mass is 470 g/mol. The number of hydrogen-bond acceptors (Lipinski definition) is 8. The van der Waals surface area contributed by atoms with E-state index in [1.54, 1.807) is 27.8 Å². The van der Waals surface area contributed by atoms with Gasteiger partial charge in [0.15, 0.2) is 11.5 Å². The Hall–Kier alpha value is -4.33. The Morgan fingerprint density at radius 3 is 2.71 bits per heavy atom. The van der Waals surface area contributed by atoms with Gasteiger partial charge in [-0.1, -0.05) is 5.21 Å². The summed E-state index contributed by atoms with van der Waals surface area (Å²) in [6, 6.07) is 6.20. The number of carbonyl (C=O) groups excluding carboxylic acids is 1. The molecule has 0 aromatic carbocycles. The zero-order valence-corrected chi connectivity index (χ0v) is 19.6. The van der Waals surface area contributed by atoms with Crippen LogP contribution in [-0.4, -0.2) is 53.2 Å². The lowest BCUT2D eigenvalue weighted by Gasteiger charge is -2.26. The maximum absolute atomic E-state index is 10.7. The summed E-state index contributed by atoms with van der Waals surface area (Å²) in [6.07, 6.45) is 11.5. The van der Waals surface area contributed by atoms with Crippen LogP contribution in [0.25, 0.3) is 22.5 Å². The lowest BCUT2D eigenvalue weighted by atomic mass is 9.84. The van der Waals surface area contributed by atoms with E-state index in [1.807, 2.05) is 12.3 Å². The van der Waals surface area contributed by atoms with Crippen LogP contribution in [0.15, 0.2) is 36.9 Å². The molecule has 35 heavy (non-hydrogen) atoms. The highest BCUT2D eigenvalue weighted by Gasteiger charge is 2.24. The summed E-state index contributed by atoms with van der Waals surface area (Å²) in [6.45, 7) is 4.13. The lowest BCUT2D eigenvalue weighted by Crippen LogP contribution is -2.31. The molecule has 4 aromatic heterocycles. The van der Waals surface area contributed by atoms with E-state index >= 15 is 0 Å². The summed E-state index contributed by atoms with van der Waals surface area (Å²) in [5.41, 5.74) is 3.69. The molecule has 4 heterocycles. The minimum Gasteiger partial charge on any atom is -0.381 e. The number of nitriles is 1. The molecule has 0 saturated heterocycles. The number of rotatable bonds is 7. The zero-order valence-electron chi connectivity index (χ0n) is 19.6. The minimum absolute atomic E-state index is 0.179. The van der Waals surface area contributed by atoms with Crippen LogP contribution in [-0.2, 0) is 4.79 Å². The van der Waals surface area contributed by atoms with Gasteiger partial charge in [-0.05, 0) is 45.6 Å². The Labute approximate surface area is 202 Å². The van der Waals surface area contributed by atoms with Crippen molar-refractivity contribution >= 4 is 23.1 Å². The van der Waals surface area contributed by atoms with Gasteiger partial charge in [0.2, 0.25) is 6.41 Å². The maximum Gasteiger partial charge on any atom is 0.207 e. The van der Waals surface area contributed by atoms with Crippen LogP contribution < -0.4 is 10.6 Å². The molecule has 1 saturated carbocycles. The summed E-state index contributed by atoms with van der Waals surface area (Å²) >= 11 is 0. The Kier molecular flexibility index (Phi) is 6.10. The van der Waals surface area contributed by atoms with Crippen molar-refractivity contribution in [2.45, 2.75) is 57.5 Å². The first-order valence-electron chi connectivity index (χ1n) is 11.7. The number of nitrogens with one attached hydrogen (secondary N) is 2. The van der Waals surface area contributed by atoms with Crippen LogP contribution in [0.5, 0.6) is 0 Å². The quantitative estimate of drug-likeness (QED) is 0.393. The fraction of sp³-hybridized carbons (Fsp3) is 0.375. The van der Waals surface area contributed by atoms with Crippen molar-refractivity contribution in [3.63, 3.8) is 0 Å². The van der Waals surface area contributed by atoms with Gasteiger partial charge in [0.1, 0.15) is 11.8 Å². The number of aromatic nitrogens is 7. The molecular weight excluding hydrogens is 444 g/mol. The molecule has 1 aliphatic carbocycles. The van der Waals surface area contributed by atoms with Crippen molar-refractivity contribution in [3.8, 4) is 17.6 Å². The van der Waals surface area contributed by atoms with E-state index in [2.05, 4.69) is 55.9 Å². The van der Waals surface area contributed by atoms with Crippen molar-refractivity contribution in [2.75, 3.05) is 5.32 Å². The topological polar surface area (TPSA) is 139 Å². The third-order valence-corrected chi connectivity index (χ3v) is 6.27. The molecule has 0 bridgehead atoms. The SMILES string of the molecule is CC(C)Nc1cc(-n2ncc3cc(C#N)cnc32)ncc1-n1cc(C2CCC(NC=O)CC2)nn1. The maximum atomic E-state index is 10.7. The first-order chi connectivity index (χ1) is 17.1. The van der Waals surface area contributed by atoms with Crippen LogP contribution in [0, 0.1) is 11.3 Å². The fourth-order valence-electron chi connectivity index (χ4n) is 4.55. The summed E-state index contributed by atoms with van der Waals surface area (Å²) in [5, 5.41) is 29.5. The van der Waals surface area contributed by atoms with E-state index in [0.29, 0.717) is 22.9 Å². The summed E-state index contributed by atoms with van der Waals surface area (Å²) < 4.78 is 3.41. The number of amides is 1. The molecule has 11 nitrogen and oxygen atoms in total. The Morgan fingerprint density at radius 1 is 1.14 bits per heavy atom. The molecule has 1 aliphatic rings. The Bertz CT molecular complexity index is 1390. The van der Waals surface area contributed by atoms with E-state index in [9.17, 15) is 4.79 Å². The third-order valence-electron chi connectivity index (χ3n) is 6.27. The van der Waals surface area contributed by atoms with E-state index < -0.39 is 0 Å². The molecule has 1 amide bonds. The molecule has 11 heteroatoms. The number of anilines is 1. The van der Waals surface area contributed by atoms with Gasteiger partial charge in [-0.3, -0.25) is 4.79 Å². The first kappa shape index (κ1) is 22.5. The molecule has 0 spiro atoms. The van der Waals surface area contributed by atoms with E-state index in [1.165, 1.54) is 6.20 Å². The van der Waals surface area contributed by atoms with Gasteiger partial charge in [0.25, 0.3) is 0 Å². The average Bonchev–Trinajstić information content (AvgIpc) is 3.51. The fourth-order valence-corrected chi connectivity index (χ4v) is 4.55. The van der Waals surface area contributed by atoms with Crippen LogP contribution in [0.4, 0.5) is 5.69 Å². The molecule has 178 valence electrons. The molecule has 1 fully saturated rings. The van der Waals surface area contributed by atoms with Gasteiger partial charge in [-0.2, -0.15) is 15.0 Å². The summed E-state index contributed by atoms with van der Waals surface area (Å²) in [4.78, 5) is 19.7. The molecule has 5 rings (SSSR count). The molecule has 2 N–H and O–H groups in total. The second-order valence-electron chi connectivity index (χ2n) is 9.08. The molecule has 0 aliphatic heterocycles. The van der Waals surface area contributed by atoms with Crippen LogP contribution >= 0.6 is 0 Å².